The molecule has 2 aliphatic heterocycles. The van der Waals surface area contributed by atoms with Crippen molar-refractivity contribution in [3.63, 3.8) is 0 Å². The second kappa shape index (κ2) is 8.35. The third kappa shape index (κ3) is 4.18. The van der Waals surface area contributed by atoms with Gasteiger partial charge in [0.15, 0.2) is 0 Å². The molecule has 0 saturated carbocycles. The van der Waals surface area contributed by atoms with E-state index in [0.29, 0.717) is 18.5 Å². The van der Waals surface area contributed by atoms with Gasteiger partial charge in [0, 0.05) is 37.9 Å². The highest BCUT2D eigenvalue weighted by Crippen LogP contribution is 2.40. The van der Waals surface area contributed by atoms with Crippen molar-refractivity contribution in [1.82, 2.24) is 25.0 Å². The largest absolute Gasteiger partial charge is 0.338 e. The van der Waals surface area contributed by atoms with E-state index in [1.807, 2.05) is 28.0 Å². The van der Waals surface area contributed by atoms with Gasteiger partial charge < -0.3 is 9.80 Å². The number of hydrogen-bond acceptors (Lipinski definition) is 4. The van der Waals surface area contributed by atoms with Gasteiger partial charge in [-0.15, -0.1) is 0 Å². The van der Waals surface area contributed by atoms with Gasteiger partial charge in [-0.1, -0.05) is 19.4 Å². The maximum atomic E-state index is 13.0. The van der Waals surface area contributed by atoms with E-state index in [0.717, 1.165) is 63.1 Å². The molecule has 1 spiro atoms. The molecule has 0 atom stereocenters. The van der Waals surface area contributed by atoms with Crippen molar-refractivity contribution < 1.29 is 9.59 Å². The molecular weight excluding hydrogens is 366 g/mol. The van der Waals surface area contributed by atoms with Gasteiger partial charge in [0.1, 0.15) is 0 Å². The Bertz CT molecular complexity index is 855. The zero-order chi connectivity index (χ0) is 20.3. The number of amides is 2. The molecule has 4 rings (SSSR count). The summed E-state index contributed by atoms with van der Waals surface area (Å²) < 4.78 is 0. The number of carbonyl (C=O) groups excluding carboxylic acids is 2. The number of aromatic amines is 1. The lowest BCUT2D eigenvalue weighted by Crippen LogP contribution is -2.52. The lowest BCUT2D eigenvalue weighted by Gasteiger charge is -2.47. The van der Waals surface area contributed by atoms with Gasteiger partial charge in [-0.3, -0.25) is 19.7 Å². The smallest absolute Gasteiger partial charge is 0.257 e. The van der Waals surface area contributed by atoms with Gasteiger partial charge in [-0.05, 0) is 43.2 Å². The van der Waals surface area contributed by atoms with E-state index in [4.69, 9.17) is 0 Å². The summed E-state index contributed by atoms with van der Waals surface area (Å²) >= 11 is 0. The molecular formula is C22H29N5O2. The van der Waals surface area contributed by atoms with E-state index in [-0.39, 0.29) is 17.2 Å². The summed E-state index contributed by atoms with van der Waals surface area (Å²) in [4.78, 5) is 33.7. The normalized spacial score (nSPS) is 19.0. The van der Waals surface area contributed by atoms with Crippen LogP contribution in [0.3, 0.4) is 0 Å². The molecule has 7 heteroatoms. The van der Waals surface area contributed by atoms with E-state index < -0.39 is 0 Å². The Labute approximate surface area is 171 Å². The molecule has 0 aliphatic carbocycles. The van der Waals surface area contributed by atoms with Crippen LogP contribution in [0, 0.1) is 5.41 Å². The van der Waals surface area contributed by atoms with Crippen LogP contribution in [0.25, 0.3) is 0 Å². The molecule has 2 aromatic rings. The van der Waals surface area contributed by atoms with Crippen LogP contribution < -0.4 is 0 Å². The topological polar surface area (TPSA) is 82.2 Å². The summed E-state index contributed by atoms with van der Waals surface area (Å²) in [6, 6.07) is 5.82. The van der Waals surface area contributed by atoms with E-state index >= 15 is 0 Å². The van der Waals surface area contributed by atoms with Crippen molar-refractivity contribution >= 4 is 11.8 Å². The van der Waals surface area contributed by atoms with Crippen LogP contribution in [0.1, 0.15) is 60.8 Å². The predicted molar refractivity (Wildman–Crippen MR) is 109 cm³/mol. The molecule has 2 amide bonds. The SMILES string of the molecule is CCCc1[nH]ncc1C(=O)N1CCC2(CCC(=O)N(Cc3ccccn3)C2)CC1. The maximum Gasteiger partial charge on any atom is 0.257 e. The molecule has 1 N–H and O–H groups in total. The molecule has 0 unspecified atom stereocenters. The van der Waals surface area contributed by atoms with Gasteiger partial charge in [-0.25, -0.2) is 0 Å². The van der Waals surface area contributed by atoms with Crippen molar-refractivity contribution in [3.8, 4) is 0 Å². The van der Waals surface area contributed by atoms with Gasteiger partial charge in [-0.2, -0.15) is 5.10 Å². The monoisotopic (exact) mass is 395 g/mol. The number of pyridine rings is 1. The molecule has 2 aromatic heterocycles. The Balaban J connectivity index is 1.39. The third-order valence-electron chi connectivity index (χ3n) is 6.39. The van der Waals surface area contributed by atoms with Crippen molar-refractivity contribution in [3.05, 3.63) is 47.5 Å². The number of H-pyrrole nitrogens is 1. The molecule has 2 fully saturated rings. The van der Waals surface area contributed by atoms with Crippen molar-refractivity contribution in [1.29, 1.82) is 0 Å². The predicted octanol–water partition coefficient (Wildman–Crippen LogP) is 2.80. The highest BCUT2D eigenvalue weighted by atomic mass is 16.2. The summed E-state index contributed by atoms with van der Waals surface area (Å²) in [5.41, 5.74) is 2.68. The number of nitrogens with zero attached hydrogens (tertiary/aromatic N) is 4. The molecule has 2 aliphatic rings. The number of aromatic nitrogens is 3. The zero-order valence-corrected chi connectivity index (χ0v) is 17.1. The van der Waals surface area contributed by atoms with E-state index in [1.54, 1.807) is 12.4 Å². The van der Waals surface area contributed by atoms with Crippen LogP contribution in [-0.2, 0) is 17.8 Å². The summed E-state index contributed by atoms with van der Waals surface area (Å²) in [6.45, 7) is 4.90. The highest BCUT2D eigenvalue weighted by molar-refractivity contribution is 5.95. The first-order valence-corrected chi connectivity index (χ1v) is 10.6. The lowest BCUT2D eigenvalue weighted by molar-refractivity contribution is -0.139. The summed E-state index contributed by atoms with van der Waals surface area (Å²) in [6.07, 6.45) is 8.62. The number of nitrogens with one attached hydrogen (secondary N) is 1. The Kier molecular flexibility index (Phi) is 5.65. The number of piperidine rings is 2. The Hall–Kier alpha value is -2.70. The van der Waals surface area contributed by atoms with Gasteiger partial charge >= 0.3 is 0 Å². The van der Waals surface area contributed by atoms with Crippen LogP contribution in [0.2, 0.25) is 0 Å². The lowest BCUT2D eigenvalue weighted by atomic mass is 9.72. The standard InChI is InChI=1S/C22H29N5O2/c1-2-5-19-18(14-24-25-19)21(29)26-12-9-22(10-13-26)8-7-20(28)27(16-22)15-17-6-3-4-11-23-17/h3-4,6,11,14H,2,5,7-10,12-13,15-16H2,1H3,(H,24,25). The van der Waals surface area contributed by atoms with E-state index in [2.05, 4.69) is 22.1 Å². The Morgan fingerprint density at radius 1 is 1.24 bits per heavy atom. The van der Waals surface area contributed by atoms with Crippen LogP contribution >= 0.6 is 0 Å². The summed E-state index contributed by atoms with van der Waals surface area (Å²) in [5, 5.41) is 7.05. The molecule has 4 heterocycles. The molecule has 0 aromatic carbocycles. The number of carbonyl (C=O) groups is 2. The summed E-state index contributed by atoms with van der Waals surface area (Å²) in [5.74, 6) is 0.289. The minimum atomic E-state index is 0.0780. The highest BCUT2D eigenvalue weighted by Gasteiger charge is 2.42. The molecule has 7 nitrogen and oxygen atoms in total. The number of hydrogen-bond donors (Lipinski definition) is 1. The van der Waals surface area contributed by atoms with Crippen LogP contribution in [0.15, 0.2) is 30.6 Å². The minimum absolute atomic E-state index is 0.0780. The van der Waals surface area contributed by atoms with Crippen LogP contribution in [0.4, 0.5) is 0 Å². The molecule has 2 saturated heterocycles. The Morgan fingerprint density at radius 3 is 2.79 bits per heavy atom. The minimum Gasteiger partial charge on any atom is -0.338 e. The first-order valence-electron chi connectivity index (χ1n) is 10.6. The number of rotatable bonds is 5. The molecule has 0 bridgehead atoms. The first kappa shape index (κ1) is 19.6. The molecule has 29 heavy (non-hydrogen) atoms. The van der Waals surface area contributed by atoms with Crippen molar-refractivity contribution in [2.24, 2.45) is 5.41 Å². The van der Waals surface area contributed by atoms with Gasteiger partial charge in [0.25, 0.3) is 5.91 Å². The van der Waals surface area contributed by atoms with Crippen molar-refractivity contribution in [2.75, 3.05) is 19.6 Å². The number of aryl methyl sites for hydroxylation is 1. The molecule has 0 radical (unpaired) electrons. The van der Waals surface area contributed by atoms with Gasteiger partial charge in [0.2, 0.25) is 5.91 Å². The fraction of sp³-hybridized carbons (Fsp3) is 0.545. The summed E-state index contributed by atoms with van der Waals surface area (Å²) in [7, 11) is 0. The van der Waals surface area contributed by atoms with E-state index in [9.17, 15) is 9.59 Å². The molecule has 154 valence electrons. The number of likely N-dealkylation sites (tertiary alicyclic amines) is 2. The maximum absolute atomic E-state index is 13.0. The van der Waals surface area contributed by atoms with E-state index in [1.165, 1.54) is 0 Å². The fourth-order valence-electron chi connectivity index (χ4n) is 4.63. The van der Waals surface area contributed by atoms with Crippen LogP contribution in [0.5, 0.6) is 0 Å². The fourth-order valence-corrected chi connectivity index (χ4v) is 4.63. The Morgan fingerprint density at radius 2 is 2.07 bits per heavy atom. The second-order valence-electron chi connectivity index (χ2n) is 8.38. The quantitative estimate of drug-likeness (QED) is 0.844. The first-order chi connectivity index (χ1) is 14.1. The van der Waals surface area contributed by atoms with Crippen LogP contribution in [-0.4, -0.2) is 56.4 Å². The average Bonchev–Trinajstić information content (AvgIpc) is 3.20. The average molecular weight is 396 g/mol. The van der Waals surface area contributed by atoms with Gasteiger partial charge in [0.05, 0.1) is 24.0 Å². The second-order valence-corrected chi connectivity index (χ2v) is 8.38. The third-order valence-corrected chi connectivity index (χ3v) is 6.39. The van der Waals surface area contributed by atoms with Crippen molar-refractivity contribution in [2.45, 2.75) is 52.0 Å². The zero-order valence-electron chi connectivity index (χ0n) is 17.1.